The second kappa shape index (κ2) is 9.18. The molecule has 1 atom stereocenters. The second-order valence-electron chi connectivity index (χ2n) is 6.01. The zero-order valence-electron chi connectivity index (χ0n) is 13.9. The van der Waals surface area contributed by atoms with E-state index in [4.69, 9.17) is 0 Å². The zero-order valence-corrected chi connectivity index (χ0v) is 13.9. The Bertz CT molecular complexity index is 490. The minimum Gasteiger partial charge on any atom is -0.368 e. The number of amides is 2. The van der Waals surface area contributed by atoms with E-state index in [9.17, 15) is 9.59 Å². The standard InChI is InChI=1S/C18H27N3O2.H2/c1-2-3-7-16(14-19-15-22)18(23)21-12-10-20(11-13-21)17-8-5-4-6-9-17;/h4-6,8-9,15-16H,2-3,7,10-14H2,1H3,(H,19,22);1H/t16-;/m1./s1. The third-order valence-corrected chi connectivity index (χ3v) is 4.42. The van der Waals surface area contributed by atoms with Gasteiger partial charge in [-0.15, -0.1) is 0 Å². The predicted octanol–water partition coefficient (Wildman–Crippen LogP) is 2.13. The fourth-order valence-corrected chi connectivity index (χ4v) is 3.04. The molecule has 1 aliphatic rings. The van der Waals surface area contributed by atoms with Crippen LogP contribution in [0, 0.1) is 5.92 Å². The lowest BCUT2D eigenvalue weighted by Gasteiger charge is -2.37. The summed E-state index contributed by atoms with van der Waals surface area (Å²) >= 11 is 0. The fourth-order valence-electron chi connectivity index (χ4n) is 3.04. The summed E-state index contributed by atoms with van der Waals surface area (Å²) in [6, 6.07) is 10.3. The first-order valence-electron chi connectivity index (χ1n) is 8.52. The molecule has 2 rings (SSSR count). The SMILES string of the molecule is CCCC[C@H](CNC=O)C(=O)N1CCN(c2ccccc2)CC1.[HH]. The molecule has 0 spiro atoms. The molecule has 1 saturated heterocycles. The molecule has 1 fully saturated rings. The normalized spacial score (nSPS) is 16.0. The predicted molar refractivity (Wildman–Crippen MR) is 94.4 cm³/mol. The summed E-state index contributed by atoms with van der Waals surface area (Å²) in [5.41, 5.74) is 1.21. The van der Waals surface area contributed by atoms with Crippen molar-refractivity contribution >= 4 is 18.0 Å². The van der Waals surface area contributed by atoms with Crippen LogP contribution in [0.15, 0.2) is 30.3 Å². The van der Waals surface area contributed by atoms with Crippen LogP contribution in [0.4, 0.5) is 5.69 Å². The Morgan fingerprint density at radius 3 is 2.57 bits per heavy atom. The molecule has 0 unspecified atom stereocenters. The number of anilines is 1. The van der Waals surface area contributed by atoms with E-state index in [1.807, 2.05) is 23.1 Å². The lowest BCUT2D eigenvalue weighted by molar-refractivity contribution is -0.136. The van der Waals surface area contributed by atoms with Crippen LogP contribution in [-0.2, 0) is 9.59 Å². The number of nitrogens with one attached hydrogen (secondary N) is 1. The van der Waals surface area contributed by atoms with Crippen molar-refractivity contribution in [1.29, 1.82) is 0 Å². The number of benzene rings is 1. The molecule has 0 aromatic heterocycles. The highest BCUT2D eigenvalue weighted by Gasteiger charge is 2.27. The molecule has 23 heavy (non-hydrogen) atoms. The molecule has 1 aliphatic heterocycles. The van der Waals surface area contributed by atoms with E-state index in [1.165, 1.54) is 5.69 Å². The van der Waals surface area contributed by atoms with E-state index >= 15 is 0 Å². The van der Waals surface area contributed by atoms with Crippen molar-refractivity contribution in [2.24, 2.45) is 5.92 Å². The zero-order chi connectivity index (χ0) is 16.5. The van der Waals surface area contributed by atoms with Gasteiger partial charge in [0.25, 0.3) is 0 Å². The molecule has 0 bridgehead atoms. The number of unbranched alkanes of at least 4 members (excludes halogenated alkanes) is 1. The minimum absolute atomic E-state index is 0. The van der Waals surface area contributed by atoms with Gasteiger partial charge < -0.3 is 15.1 Å². The first-order chi connectivity index (χ1) is 11.3. The maximum absolute atomic E-state index is 12.7. The second-order valence-corrected chi connectivity index (χ2v) is 6.01. The molecule has 0 saturated carbocycles. The van der Waals surface area contributed by atoms with Gasteiger partial charge in [0.2, 0.25) is 12.3 Å². The Labute approximate surface area is 140 Å². The summed E-state index contributed by atoms with van der Waals surface area (Å²) < 4.78 is 0. The number of hydrogen-bond donors (Lipinski definition) is 1. The Morgan fingerprint density at radius 2 is 1.96 bits per heavy atom. The number of para-hydroxylation sites is 1. The summed E-state index contributed by atoms with van der Waals surface area (Å²) in [6.07, 6.45) is 3.60. The molecule has 128 valence electrons. The Morgan fingerprint density at radius 1 is 1.26 bits per heavy atom. The average molecular weight is 319 g/mol. The summed E-state index contributed by atoms with van der Waals surface area (Å²) in [5.74, 6) is 0.0870. The van der Waals surface area contributed by atoms with Crippen LogP contribution in [-0.4, -0.2) is 49.9 Å². The van der Waals surface area contributed by atoms with E-state index in [2.05, 4.69) is 29.3 Å². The lowest BCUT2D eigenvalue weighted by Crippen LogP contribution is -2.51. The molecule has 1 heterocycles. The lowest BCUT2D eigenvalue weighted by atomic mass is 10.00. The number of carbonyl (C=O) groups is 2. The highest BCUT2D eigenvalue weighted by molar-refractivity contribution is 5.79. The van der Waals surface area contributed by atoms with Crippen LogP contribution in [0.25, 0.3) is 0 Å². The van der Waals surface area contributed by atoms with Gasteiger partial charge in [0.1, 0.15) is 0 Å². The third-order valence-electron chi connectivity index (χ3n) is 4.42. The maximum Gasteiger partial charge on any atom is 0.227 e. The fraction of sp³-hybridized carbons (Fsp3) is 0.556. The number of carbonyl (C=O) groups excluding carboxylic acids is 2. The van der Waals surface area contributed by atoms with E-state index < -0.39 is 0 Å². The number of hydrogen-bond acceptors (Lipinski definition) is 3. The van der Waals surface area contributed by atoms with Gasteiger partial charge in [-0.1, -0.05) is 38.0 Å². The summed E-state index contributed by atoms with van der Waals surface area (Å²) in [5, 5.41) is 2.67. The molecule has 5 nitrogen and oxygen atoms in total. The van der Waals surface area contributed by atoms with Crippen molar-refractivity contribution < 1.29 is 11.0 Å². The third kappa shape index (κ3) is 4.98. The molecule has 1 aromatic carbocycles. The van der Waals surface area contributed by atoms with Gasteiger partial charge in [0.05, 0.1) is 5.92 Å². The molecule has 2 amide bonds. The van der Waals surface area contributed by atoms with Gasteiger partial charge in [0, 0.05) is 39.8 Å². The van der Waals surface area contributed by atoms with Crippen molar-refractivity contribution in [1.82, 2.24) is 10.2 Å². The van der Waals surface area contributed by atoms with E-state index in [0.29, 0.717) is 13.0 Å². The van der Waals surface area contributed by atoms with Gasteiger partial charge in [-0.3, -0.25) is 9.59 Å². The van der Waals surface area contributed by atoms with E-state index in [1.54, 1.807) is 0 Å². The summed E-state index contributed by atoms with van der Waals surface area (Å²) in [4.78, 5) is 27.5. The van der Waals surface area contributed by atoms with Crippen LogP contribution in [0.5, 0.6) is 0 Å². The Balaban J connectivity index is 0.00000288. The number of rotatable bonds is 8. The maximum atomic E-state index is 12.7. The van der Waals surface area contributed by atoms with Gasteiger partial charge in [-0.05, 0) is 18.6 Å². The van der Waals surface area contributed by atoms with Gasteiger partial charge >= 0.3 is 0 Å². The van der Waals surface area contributed by atoms with Gasteiger partial charge in [-0.2, -0.15) is 0 Å². The van der Waals surface area contributed by atoms with Crippen molar-refractivity contribution in [3.05, 3.63) is 30.3 Å². The van der Waals surface area contributed by atoms with Crippen LogP contribution < -0.4 is 10.2 Å². The minimum atomic E-state index is -0.0941. The van der Waals surface area contributed by atoms with E-state index in [0.717, 1.165) is 45.4 Å². The van der Waals surface area contributed by atoms with Crippen molar-refractivity contribution in [3.63, 3.8) is 0 Å². The molecule has 5 heteroatoms. The molecule has 0 radical (unpaired) electrons. The van der Waals surface area contributed by atoms with Crippen molar-refractivity contribution in [2.45, 2.75) is 26.2 Å². The molecular formula is C18H29N3O2. The van der Waals surface area contributed by atoms with Gasteiger partial charge in [0.15, 0.2) is 0 Å². The van der Waals surface area contributed by atoms with Crippen LogP contribution in [0.2, 0.25) is 0 Å². The largest absolute Gasteiger partial charge is 0.368 e. The monoisotopic (exact) mass is 319 g/mol. The van der Waals surface area contributed by atoms with Crippen LogP contribution >= 0.6 is 0 Å². The Kier molecular flexibility index (Phi) is 6.91. The first kappa shape index (κ1) is 17.3. The first-order valence-corrected chi connectivity index (χ1v) is 8.52. The molecule has 1 aromatic rings. The van der Waals surface area contributed by atoms with Crippen molar-refractivity contribution in [2.75, 3.05) is 37.6 Å². The van der Waals surface area contributed by atoms with Crippen molar-refractivity contribution in [3.8, 4) is 0 Å². The highest BCUT2D eigenvalue weighted by atomic mass is 16.2. The summed E-state index contributed by atoms with van der Waals surface area (Å²) in [6.45, 7) is 5.78. The topological polar surface area (TPSA) is 52.7 Å². The smallest absolute Gasteiger partial charge is 0.227 e. The summed E-state index contributed by atoms with van der Waals surface area (Å²) in [7, 11) is 0. The quantitative estimate of drug-likeness (QED) is 0.747. The van der Waals surface area contributed by atoms with Crippen LogP contribution in [0.3, 0.4) is 0 Å². The Hall–Kier alpha value is -2.04. The number of piperazine rings is 1. The highest BCUT2D eigenvalue weighted by Crippen LogP contribution is 2.18. The van der Waals surface area contributed by atoms with Crippen LogP contribution in [0.1, 0.15) is 27.6 Å². The number of nitrogens with zero attached hydrogens (tertiary/aromatic N) is 2. The van der Waals surface area contributed by atoms with Gasteiger partial charge in [-0.25, -0.2) is 0 Å². The molecular weight excluding hydrogens is 290 g/mol. The average Bonchev–Trinajstić information content (AvgIpc) is 2.62. The molecule has 1 N–H and O–H groups in total. The molecule has 0 aliphatic carbocycles. The van der Waals surface area contributed by atoms with E-state index in [-0.39, 0.29) is 13.3 Å².